The summed E-state index contributed by atoms with van der Waals surface area (Å²) >= 11 is 0. The molecule has 3 fully saturated rings. The molecular weight excluding hydrogens is 336 g/mol. The zero-order chi connectivity index (χ0) is 18.3. The van der Waals surface area contributed by atoms with Gasteiger partial charge in [0.05, 0.1) is 0 Å². The van der Waals surface area contributed by atoms with Crippen molar-refractivity contribution in [1.29, 1.82) is 0 Å². The molecule has 2 N–H and O–H groups in total. The van der Waals surface area contributed by atoms with Gasteiger partial charge in [-0.2, -0.15) is 0 Å². The van der Waals surface area contributed by atoms with Crippen LogP contribution in [0.4, 0.5) is 5.82 Å². The van der Waals surface area contributed by atoms with Crippen LogP contribution in [0.1, 0.15) is 56.2 Å². The number of hydrogen-bond acceptors (Lipinski definition) is 4. The van der Waals surface area contributed by atoms with E-state index in [1.807, 2.05) is 0 Å². The predicted octanol–water partition coefficient (Wildman–Crippen LogP) is 2.75. The highest BCUT2D eigenvalue weighted by molar-refractivity contribution is 5.76. The van der Waals surface area contributed by atoms with Crippen molar-refractivity contribution in [3.05, 3.63) is 23.4 Å². The van der Waals surface area contributed by atoms with Crippen molar-refractivity contribution in [3.8, 4) is 0 Å². The summed E-state index contributed by atoms with van der Waals surface area (Å²) in [5, 5.41) is 7.22. The Bertz CT molecular complexity index is 720. The van der Waals surface area contributed by atoms with Crippen LogP contribution in [0.3, 0.4) is 0 Å². The molecule has 146 valence electrons. The van der Waals surface area contributed by atoms with Gasteiger partial charge in [-0.25, -0.2) is 4.98 Å². The molecule has 4 heterocycles. The van der Waals surface area contributed by atoms with Gasteiger partial charge in [0.2, 0.25) is 5.91 Å². The fraction of sp³-hybridized carbons (Fsp3) is 0.727. The molecule has 0 aromatic carbocycles. The number of anilines is 1. The molecule has 3 unspecified atom stereocenters. The quantitative estimate of drug-likeness (QED) is 0.858. The van der Waals surface area contributed by atoms with Crippen LogP contribution < -0.4 is 10.6 Å². The van der Waals surface area contributed by atoms with Gasteiger partial charge in [-0.3, -0.25) is 4.79 Å². The first-order valence-corrected chi connectivity index (χ1v) is 11.0. The summed E-state index contributed by atoms with van der Waals surface area (Å²) in [6, 6.07) is 4.30. The molecule has 0 bridgehead atoms. The molecule has 1 aromatic heterocycles. The van der Waals surface area contributed by atoms with Gasteiger partial charge in [-0.15, -0.1) is 0 Å². The Hall–Kier alpha value is -1.62. The van der Waals surface area contributed by atoms with Crippen LogP contribution in [0.25, 0.3) is 0 Å². The van der Waals surface area contributed by atoms with Crippen molar-refractivity contribution >= 4 is 11.7 Å². The van der Waals surface area contributed by atoms with E-state index in [1.165, 1.54) is 44.2 Å². The molecule has 5 heteroatoms. The molecule has 3 atom stereocenters. The summed E-state index contributed by atoms with van der Waals surface area (Å²) in [4.78, 5) is 19.8. The lowest BCUT2D eigenvalue weighted by Gasteiger charge is -2.53. The second-order valence-electron chi connectivity index (χ2n) is 9.01. The molecule has 1 aliphatic carbocycles. The summed E-state index contributed by atoms with van der Waals surface area (Å²) in [7, 11) is 0. The summed E-state index contributed by atoms with van der Waals surface area (Å²) in [6.45, 7) is 4.08. The SMILES string of the molecule is O=C(CCc1ccc2c(n1)NCCC2)N1CCCC(C23CCC2CCN3)C1. The molecule has 27 heavy (non-hydrogen) atoms. The lowest BCUT2D eigenvalue weighted by atomic mass is 9.59. The Labute approximate surface area is 162 Å². The summed E-state index contributed by atoms with van der Waals surface area (Å²) in [5.74, 6) is 2.87. The zero-order valence-electron chi connectivity index (χ0n) is 16.3. The fourth-order valence-corrected chi connectivity index (χ4v) is 5.98. The first-order chi connectivity index (χ1) is 13.2. The Morgan fingerprint density at radius 2 is 2.15 bits per heavy atom. The summed E-state index contributed by atoms with van der Waals surface area (Å²) < 4.78 is 0. The molecule has 0 spiro atoms. The maximum Gasteiger partial charge on any atom is 0.222 e. The van der Waals surface area contributed by atoms with Crippen LogP contribution in [0.2, 0.25) is 0 Å². The molecule has 1 aromatic rings. The van der Waals surface area contributed by atoms with E-state index >= 15 is 0 Å². The Balaban J connectivity index is 1.19. The minimum absolute atomic E-state index is 0.317. The lowest BCUT2D eigenvalue weighted by Crippen LogP contribution is -2.61. The molecule has 4 aliphatic rings. The van der Waals surface area contributed by atoms with Gasteiger partial charge in [0.25, 0.3) is 0 Å². The molecule has 1 saturated carbocycles. The normalized spacial score (nSPS) is 32.2. The molecule has 0 radical (unpaired) electrons. The number of amides is 1. The number of hydrogen-bond donors (Lipinski definition) is 2. The Morgan fingerprint density at radius 3 is 3.00 bits per heavy atom. The monoisotopic (exact) mass is 368 g/mol. The summed E-state index contributed by atoms with van der Waals surface area (Å²) in [5.41, 5.74) is 2.72. The van der Waals surface area contributed by atoms with Gasteiger partial charge in [0, 0.05) is 37.3 Å². The van der Waals surface area contributed by atoms with Crippen LogP contribution in [-0.4, -0.2) is 47.5 Å². The van der Waals surface area contributed by atoms with Gasteiger partial charge in [-0.1, -0.05) is 6.07 Å². The average molecular weight is 369 g/mol. The van der Waals surface area contributed by atoms with Gasteiger partial charge >= 0.3 is 0 Å². The molecule has 3 aliphatic heterocycles. The number of rotatable bonds is 4. The predicted molar refractivity (Wildman–Crippen MR) is 107 cm³/mol. The highest BCUT2D eigenvalue weighted by atomic mass is 16.2. The van der Waals surface area contributed by atoms with E-state index in [0.29, 0.717) is 23.8 Å². The van der Waals surface area contributed by atoms with Crippen molar-refractivity contribution in [2.45, 2.75) is 63.3 Å². The maximum absolute atomic E-state index is 12.9. The van der Waals surface area contributed by atoms with Crippen molar-refractivity contribution in [3.63, 3.8) is 0 Å². The number of aryl methyl sites for hydroxylation is 2. The maximum atomic E-state index is 12.9. The first-order valence-electron chi connectivity index (χ1n) is 11.0. The standard InChI is InChI=1S/C22H32N4O/c27-20(8-7-19-6-5-16-3-1-12-23-21(16)25-19)26-14-2-4-18(15-26)22-11-9-17(22)10-13-24-22/h5-6,17-18,24H,1-4,7-15H2,(H,23,25). The van der Waals surface area contributed by atoms with Crippen LogP contribution >= 0.6 is 0 Å². The molecule has 5 rings (SSSR count). The minimum Gasteiger partial charge on any atom is -0.370 e. The number of nitrogens with zero attached hydrogens (tertiary/aromatic N) is 2. The third-order valence-corrected chi connectivity index (χ3v) is 7.63. The van der Waals surface area contributed by atoms with E-state index < -0.39 is 0 Å². The van der Waals surface area contributed by atoms with E-state index in [1.54, 1.807) is 0 Å². The average Bonchev–Trinajstić information content (AvgIpc) is 3.00. The van der Waals surface area contributed by atoms with Crippen LogP contribution in [0, 0.1) is 11.8 Å². The number of carbonyl (C=O) groups is 1. The smallest absolute Gasteiger partial charge is 0.222 e. The van der Waals surface area contributed by atoms with Gasteiger partial charge in [0.15, 0.2) is 0 Å². The topological polar surface area (TPSA) is 57.3 Å². The van der Waals surface area contributed by atoms with E-state index in [0.717, 1.165) is 56.3 Å². The van der Waals surface area contributed by atoms with E-state index in [4.69, 9.17) is 4.98 Å². The molecular formula is C22H32N4O. The van der Waals surface area contributed by atoms with Gasteiger partial charge in [-0.05, 0) is 81.4 Å². The molecule has 2 saturated heterocycles. The zero-order valence-corrected chi connectivity index (χ0v) is 16.3. The second kappa shape index (κ2) is 7.08. The van der Waals surface area contributed by atoms with Crippen LogP contribution in [0.15, 0.2) is 12.1 Å². The second-order valence-corrected chi connectivity index (χ2v) is 9.01. The number of pyridine rings is 1. The number of piperidine rings is 1. The van der Waals surface area contributed by atoms with Gasteiger partial charge in [0.1, 0.15) is 5.82 Å². The van der Waals surface area contributed by atoms with Crippen molar-refractivity contribution in [2.24, 2.45) is 11.8 Å². The number of fused-ring (bicyclic) bond motifs is 2. The van der Waals surface area contributed by atoms with Crippen LogP contribution in [-0.2, 0) is 17.6 Å². The fourth-order valence-electron chi connectivity index (χ4n) is 5.98. The Kier molecular flexibility index (Phi) is 4.58. The third kappa shape index (κ3) is 3.14. The van der Waals surface area contributed by atoms with E-state index in [9.17, 15) is 4.79 Å². The highest BCUT2D eigenvalue weighted by Gasteiger charge is 2.54. The van der Waals surface area contributed by atoms with Crippen molar-refractivity contribution < 1.29 is 4.79 Å². The minimum atomic E-state index is 0.317. The van der Waals surface area contributed by atoms with Gasteiger partial charge < -0.3 is 15.5 Å². The first kappa shape index (κ1) is 17.5. The largest absolute Gasteiger partial charge is 0.370 e. The number of carbonyl (C=O) groups excluding carboxylic acids is 1. The Morgan fingerprint density at radius 1 is 1.19 bits per heavy atom. The lowest BCUT2D eigenvalue weighted by molar-refractivity contribution is -0.134. The number of nitrogens with one attached hydrogen (secondary N) is 2. The van der Waals surface area contributed by atoms with Crippen molar-refractivity contribution in [2.75, 3.05) is 31.5 Å². The molecule has 1 amide bonds. The third-order valence-electron chi connectivity index (χ3n) is 7.63. The highest BCUT2D eigenvalue weighted by Crippen LogP contribution is 2.51. The number of aromatic nitrogens is 1. The van der Waals surface area contributed by atoms with Crippen LogP contribution in [0.5, 0.6) is 0 Å². The number of likely N-dealkylation sites (tertiary alicyclic amines) is 1. The van der Waals surface area contributed by atoms with E-state index in [-0.39, 0.29) is 0 Å². The summed E-state index contributed by atoms with van der Waals surface area (Å²) in [6.07, 6.45) is 10.1. The van der Waals surface area contributed by atoms with E-state index in [2.05, 4.69) is 27.7 Å². The molecule has 5 nitrogen and oxygen atoms in total. The van der Waals surface area contributed by atoms with Crippen molar-refractivity contribution in [1.82, 2.24) is 15.2 Å².